The molecule has 0 bridgehead atoms. The van der Waals surface area contributed by atoms with Crippen LogP contribution >= 0.6 is 11.3 Å². The van der Waals surface area contributed by atoms with Crippen molar-refractivity contribution in [3.05, 3.63) is 68.5 Å². The highest BCUT2D eigenvalue weighted by atomic mass is 32.1. The minimum atomic E-state index is -0.895. The van der Waals surface area contributed by atoms with Gasteiger partial charge in [0.25, 0.3) is 5.56 Å². The second-order valence-corrected chi connectivity index (χ2v) is 7.58. The van der Waals surface area contributed by atoms with Gasteiger partial charge in [0.1, 0.15) is 23.8 Å². The number of pyridine rings is 1. The molecule has 0 fully saturated rings. The van der Waals surface area contributed by atoms with E-state index >= 15 is 0 Å². The minimum Gasteiger partial charge on any atom is -0.313 e. The molecular weight excluding hydrogens is 364 g/mol. The van der Waals surface area contributed by atoms with Crippen molar-refractivity contribution in [3.63, 3.8) is 0 Å². The number of hydrogen-bond donors (Lipinski definition) is 1. The van der Waals surface area contributed by atoms with Crippen molar-refractivity contribution in [1.82, 2.24) is 29.1 Å². The summed E-state index contributed by atoms with van der Waals surface area (Å²) in [6.45, 7) is 3.50. The van der Waals surface area contributed by atoms with Crippen LogP contribution in [0.1, 0.15) is 19.4 Å². The molecule has 0 saturated carbocycles. The first kappa shape index (κ1) is 17.1. The van der Waals surface area contributed by atoms with Crippen LogP contribution in [-0.2, 0) is 10.3 Å². The smallest absolute Gasteiger partial charge is 0.266 e. The van der Waals surface area contributed by atoms with Crippen LogP contribution < -0.4 is 14.8 Å². The molecule has 4 aromatic rings. The number of thiazole rings is 1. The first-order chi connectivity index (χ1) is 12.9. The van der Waals surface area contributed by atoms with E-state index in [0.717, 1.165) is 11.2 Å². The van der Waals surface area contributed by atoms with Crippen LogP contribution in [0.3, 0.4) is 0 Å². The number of imidazole rings is 1. The molecule has 4 rings (SSSR count). The molecule has 0 aromatic carbocycles. The zero-order chi connectivity index (χ0) is 19.0. The maximum absolute atomic E-state index is 12.6. The van der Waals surface area contributed by atoms with Crippen LogP contribution in [-0.4, -0.2) is 34.9 Å². The summed E-state index contributed by atoms with van der Waals surface area (Å²) in [5.74, 6) is -0.183. The number of aromatic nitrogens is 6. The van der Waals surface area contributed by atoms with E-state index in [2.05, 4.69) is 20.1 Å². The van der Waals surface area contributed by atoms with Gasteiger partial charge in [0.15, 0.2) is 5.78 Å². The molecule has 0 amide bonds. The maximum Gasteiger partial charge on any atom is 0.266 e. The Morgan fingerprint density at radius 1 is 1.33 bits per heavy atom. The maximum atomic E-state index is 12.6. The monoisotopic (exact) mass is 380 g/mol. The Hall–Kier alpha value is -3.33. The van der Waals surface area contributed by atoms with Gasteiger partial charge < -0.3 is 9.38 Å². The van der Waals surface area contributed by atoms with Gasteiger partial charge in [-0.05, 0) is 37.6 Å². The molecule has 0 aliphatic carbocycles. The highest BCUT2D eigenvalue weighted by Crippen LogP contribution is 2.14. The second kappa shape index (κ2) is 6.44. The van der Waals surface area contributed by atoms with Crippen molar-refractivity contribution >= 4 is 34.9 Å². The molecule has 4 aromatic heterocycles. The summed E-state index contributed by atoms with van der Waals surface area (Å²) in [5.41, 5.74) is 0.576. The number of fused-ring (bicyclic) bond motifs is 1. The third-order valence-electron chi connectivity index (χ3n) is 4.25. The van der Waals surface area contributed by atoms with E-state index < -0.39 is 5.54 Å². The number of nitrogens with zero attached hydrogens (tertiary/aromatic N) is 5. The van der Waals surface area contributed by atoms with Crippen molar-refractivity contribution in [3.8, 4) is 0 Å². The van der Waals surface area contributed by atoms with Crippen molar-refractivity contribution < 1.29 is 4.79 Å². The number of carbonyl (C=O) groups excluding carboxylic acids is 1. The Bertz CT molecular complexity index is 1290. The fraction of sp³-hybridized carbons (Fsp3) is 0.167. The molecule has 0 unspecified atom stereocenters. The number of aromatic amines is 1. The normalized spacial score (nSPS) is 13.6. The molecule has 0 atom stereocenters. The van der Waals surface area contributed by atoms with E-state index in [9.17, 15) is 9.59 Å². The fourth-order valence-corrected chi connectivity index (χ4v) is 3.49. The molecule has 136 valence electrons. The number of rotatable bonds is 4. The van der Waals surface area contributed by atoms with E-state index in [0.29, 0.717) is 9.20 Å². The Morgan fingerprint density at radius 2 is 2.19 bits per heavy atom. The summed E-state index contributed by atoms with van der Waals surface area (Å²) in [6.07, 6.45) is 11.5. The van der Waals surface area contributed by atoms with Crippen LogP contribution in [0.25, 0.3) is 17.8 Å². The summed E-state index contributed by atoms with van der Waals surface area (Å²) in [5, 5.41) is 4.03. The number of nitrogens with one attached hydrogen (secondary N) is 1. The average Bonchev–Trinajstić information content (AvgIpc) is 3.36. The second-order valence-electron chi connectivity index (χ2n) is 6.49. The number of Topliss-reactive ketones (excluding diaryl/α,β-unsaturated/α-hetero) is 1. The number of carbonyl (C=O) groups is 1. The Labute approximate surface area is 157 Å². The standard InChI is InChI=1S/C18H16N6O2S/c1-18(2,24-11-19-10-21-24)14(25)8-16-22-17(26)13(27-16)7-12-3-4-15-20-5-6-23(15)9-12/h3-11H,1-2H3,(H,22,26)/b13-7-,16-8+. The lowest BCUT2D eigenvalue weighted by atomic mass is 10.00. The number of hydrogen-bond acceptors (Lipinski definition) is 6. The van der Waals surface area contributed by atoms with E-state index in [1.54, 1.807) is 26.1 Å². The molecule has 4 heterocycles. The quantitative estimate of drug-likeness (QED) is 0.549. The molecule has 27 heavy (non-hydrogen) atoms. The fourth-order valence-electron chi connectivity index (χ4n) is 2.60. The highest BCUT2D eigenvalue weighted by molar-refractivity contribution is 7.07. The van der Waals surface area contributed by atoms with Crippen LogP contribution in [0, 0.1) is 0 Å². The zero-order valence-electron chi connectivity index (χ0n) is 14.7. The minimum absolute atomic E-state index is 0.183. The molecule has 0 aliphatic heterocycles. The van der Waals surface area contributed by atoms with Crippen LogP contribution in [0.4, 0.5) is 0 Å². The molecule has 0 aliphatic rings. The topological polar surface area (TPSA) is 97.9 Å². The molecule has 1 N–H and O–H groups in total. The van der Waals surface area contributed by atoms with Gasteiger partial charge in [-0.1, -0.05) is 0 Å². The van der Waals surface area contributed by atoms with E-state index in [1.165, 1.54) is 34.7 Å². The van der Waals surface area contributed by atoms with Crippen LogP contribution in [0.5, 0.6) is 0 Å². The van der Waals surface area contributed by atoms with E-state index in [1.807, 2.05) is 28.9 Å². The van der Waals surface area contributed by atoms with Gasteiger partial charge in [-0.2, -0.15) is 5.10 Å². The van der Waals surface area contributed by atoms with Gasteiger partial charge in [-0.15, -0.1) is 11.3 Å². The number of ketones is 1. The lowest BCUT2D eigenvalue weighted by Crippen LogP contribution is -2.36. The molecule has 8 nitrogen and oxygen atoms in total. The summed E-state index contributed by atoms with van der Waals surface area (Å²) >= 11 is 1.23. The Balaban J connectivity index is 1.71. The highest BCUT2D eigenvalue weighted by Gasteiger charge is 2.28. The van der Waals surface area contributed by atoms with E-state index in [4.69, 9.17) is 0 Å². The molecule has 9 heteroatoms. The molecule has 0 radical (unpaired) electrons. The van der Waals surface area contributed by atoms with Gasteiger partial charge in [0, 0.05) is 24.7 Å². The van der Waals surface area contributed by atoms with Crippen LogP contribution in [0.15, 0.2) is 48.2 Å². The first-order valence-corrected chi connectivity index (χ1v) is 9.00. The van der Waals surface area contributed by atoms with E-state index in [-0.39, 0.29) is 11.3 Å². The summed E-state index contributed by atoms with van der Waals surface area (Å²) < 4.78 is 4.38. The zero-order valence-corrected chi connectivity index (χ0v) is 15.5. The van der Waals surface area contributed by atoms with Crippen molar-refractivity contribution in [2.75, 3.05) is 0 Å². The molecular formula is C18H16N6O2S. The molecule has 0 saturated heterocycles. The SMILES string of the molecule is CC(C)(C(=O)/C=c1\[nH]c(=O)/c(=C/c2ccc3nccn3c2)s1)n1cncn1. The summed E-state index contributed by atoms with van der Waals surface area (Å²) in [4.78, 5) is 35.7. The van der Waals surface area contributed by atoms with Gasteiger partial charge in [0.05, 0.1) is 9.20 Å². The lowest BCUT2D eigenvalue weighted by Gasteiger charge is -2.20. The third kappa shape index (κ3) is 3.24. The van der Waals surface area contributed by atoms with Crippen molar-refractivity contribution in [1.29, 1.82) is 0 Å². The van der Waals surface area contributed by atoms with Crippen molar-refractivity contribution in [2.24, 2.45) is 0 Å². The van der Waals surface area contributed by atoms with Gasteiger partial charge in [-0.3, -0.25) is 9.59 Å². The largest absolute Gasteiger partial charge is 0.313 e. The molecule has 0 spiro atoms. The predicted molar refractivity (Wildman–Crippen MR) is 102 cm³/mol. The van der Waals surface area contributed by atoms with Crippen LogP contribution in [0.2, 0.25) is 0 Å². The summed E-state index contributed by atoms with van der Waals surface area (Å²) in [7, 11) is 0. The lowest BCUT2D eigenvalue weighted by molar-refractivity contribution is -0.120. The van der Waals surface area contributed by atoms with Gasteiger partial charge in [0.2, 0.25) is 0 Å². The van der Waals surface area contributed by atoms with Crippen molar-refractivity contribution in [2.45, 2.75) is 19.4 Å². The Morgan fingerprint density at radius 3 is 2.96 bits per heavy atom. The third-order valence-corrected chi connectivity index (χ3v) is 5.21. The average molecular weight is 380 g/mol. The Kier molecular flexibility index (Phi) is 4.08. The van der Waals surface area contributed by atoms with Gasteiger partial charge >= 0.3 is 0 Å². The summed E-state index contributed by atoms with van der Waals surface area (Å²) in [6, 6.07) is 3.77. The van der Waals surface area contributed by atoms with Gasteiger partial charge in [-0.25, -0.2) is 14.6 Å². The predicted octanol–water partition coefficient (Wildman–Crippen LogP) is 0.289. The first-order valence-electron chi connectivity index (χ1n) is 8.18. The number of H-pyrrole nitrogens is 1.